The lowest BCUT2D eigenvalue weighted by Gasteiger charge is -2.26. The van der Waals surface area contributed by atoms with Crippen LogP contribution in [0.4, 0.5) is 4.79 Å². The van der Waals surface area contributed by atoms with Crippen molar-refractivity contribution in [3.8, 4) is 5.75 Å². The van der Waals surface area contributed by atoms with Crippen molar-refractivity contribution in [1.29, 1.82) is 0 Å². The highest BCUT2D eigenvalue weighted by Gasteiger charge is 2.23. The first-order chi connectivity index (χ1) is 16.2. The number of methoxy groups -OCH3 is 1. The van der Waals surface area contributed by atoms with Gasteiger partial charge in [-0.15, -0.1) is 0 Å². The van der Waals surface area contributed by atoms with Gasteiger partial charge >= 0.3 is 6.03 Å². The molecule has 3 aromatic carbocycles. The molecule has 4 aromatic rings. The van der Waals surface area contributed by atoms with Crippen LogP contribution in [0.5, 0.6) is 5.75 Å². The summed E-state index contributed by atoms with van der Waals surface area (Å²) in [7, 11) is 1.65. The molecule has 6 heteroatoms. The van der Waals surface area contributed by atoms with Crippen molar-refractivity contribution in [3.05, 3.63) is 95.3 Å². The summed E-state index contributed by atoms with van der Waals surface area (Å²) in [5.74, 6) is 1.55. The molecule has 1 heterocycles. The van der Waals surface area contributed by atoms with Crippen LogP contribution >= 0.6 is 0 Å². The van der Waals surface area contributed by atoms with Gasteiger partial charge in [-0.05, 0) is 66.6 Å². The average Bonchev–Trinajstić information content (AvgIpc) is 3.28. The summed E-state index contributed by atoms with van der Waals surface area (Å²) >= 11 is 0. The van der Waals surface area contributed by atoms with Gasteiger partial charge in [-0.1, -0.05) is 48.5 Å². The van der Waals surface area contributed by atoms with Gasteiger partial charge in [0.25, 0.3) is 0 Å². The van der Waals surface area contributed by atoms with Gasteiger partial charge in [0, 0.05) is 6.04 Å². The Bertz CT molecular complexity index is 1220. The van der Waals surface area contributed by atoms with E-state index in [0.29, 0.717) is 6.42 Å². The quantitative estimate of drug-likeness (QED) is 0.406. The minimum Gasteiger partial charge on any atom is -0.497 e. The normalized spacial score (nSPS) is 16.1. The van der Waals surface area contributed by atoms with Crippen LogP contribution in [0.25, 0.3) is 11.0 Å². The zero-order chi connectivity index (χ0) is 22.6. The van der Waals surface area contributed by atoms with Crippen molar-refractivity contribution >= 4 is 17.1 Å². The number of imidazole rings is 1. The molecule has 0 radical (unpaired) electrons. The van der Waals surface area contributed by atoms with Crippen molar-refractivity contribution < 1.29 is 9.53 Å². The highest BCUT2D eigenvalue weighted by Crippen LogP contribution is 2.23. The maximum Gasteiger partial charge on any atom is 0.315 e. The topological polar surface area (TPSA) is 79.0 Å². The Morgan fingerprint density at radius 1 is 1.06 bits per heavy atom. The predicted molar refractivity (Wildman–Crippen MR) is 129 cm³/mol. The van der Waals surface area contributed by atoms with Crippen molar-refractivity contribution in [2.24, 2.45) is 0 Å². The van der Waals surface area contributed by atoms with Gasteiger partial charge in [-0.2, -0.15) is 0 Å². The number of aryl methyl sites for hydroxylation is 1. The van der Waals surface area contributed by atoms with E-state index >= 15 is 0 Å². The zero-order valence-electron chi connectivity index (χ0n) is 18.7. The number of H-pyrrole nitrogens is 1. The van der Waals surface area contributed by atoms with E-state index in [1.807, 2.05) is 48.5 Å². The van der Waals surface area contributed by atoms with Crippen molar-refractivity contribution in [1.82, 2.24) is 20.6 Å². The lowest BCUT2D eigenvalue weighted by atomic mass is 9.88. The van der Waals surface area contributed by atoms with E-state index in [0.717, 1.165) is 47.4 Å². The third-order valence-electron chi connectivity index (χ3n) is 6.32. The van der Waals surface area contributed by atoms with E-state index in [4.69, 9.17) is 9.72 Å². The third-order valence-corrected chi connectivity index (χ3v) is 6.32. The molecule has 0 bridgehead atoms. The maximum absolute atomic E-state index is 13.0. The molecule has 1 aliphatic carbocycles. The fraction of sp³-hybridized carbons (Fsp3) is 0.259. The second-order valence-electron chi connectivity index (χ2n) is 8.57. The number of carbonyl (C=O) groups excluding carboxylic acids is 1. The summed E-state index contributed by atoms with van der Waals surface area (Å²) in [6.45, 7) is 0. The van der Waals surface area contributed by atoms with Crippen molar-refractivity contribution in [2.45, 2.75) is 37.8 Å². The second-order valence-corrected chi connectivity index (χ2v) is 8.57. The van der Waals surface area contributed by atoms with Crippen LogP contribution < -0.4 is 15.4 Å². The molecule has 1 aromatic heterocycles. The second kappa shape index (κ2) is 9.36. The standard InChI is InChI=1S/C27H28N4O2/c1-33-22-14-10-18(11-15-22)16-25(26-29-23-8-4-5-9-24(23)30-26)31-27(32)28-21-13-12-19-6-2-3-7-20(19)17-21/h2-11,14-15,21,25H,12-13,16-17H2,1H3,(H,29,30)(H2,28,31,32)/t21?,25-/m1/s1. The first-order valence-corrected chi connectivity index (χ1v) is 11.4. The van der Waals surface area contributed by atoms with E-state index in [1.165, 1.54) is 11.1 Å². The predicted octanol–water partition coefficient (Wildman–Crippen LogP) is 4.71. The number of ether oxygens (including phenoxy) is 1. The molecule has 3 N–H and O–H groups in total. The summed E-state index contributed by atoms with van der Waals surface area (Å²) in [6, 6.07) is 24.0. The highest BCUT2D eigenvalue weighted by atomic mass is 16.5. The molecule has 6 nitrogen and oxygen atoms in total. The maximum atomic E-state index is 13.0. The number of nitrogens with zero attached hydrogens (tertiary/aromatic N) is 1. The molecule has 0 saturated heterocycles. The van der Waals surface area contributed by atoms with Crippen molar-refractivity contribution in [2.75, 3.05) is 7.11 Å². The SMILES string of the molecule is COc1ccc(C[C@@H](NC(=O)NC2CCc3ccccc3C2)c2nc3ccccc3[nH]2)cc1. The molecule has 168 valence electrons. The molecule has 0 saturated carbocycles. The lowest BCUT2D eigenvalue weighted by molar-refractivity contribution is 0.231. The molecular formula is C27H28N4O2. The lowest BCUT2D eigenvalue weighted by Crippen LogP contribution is -2.46. The molecule has 2 atom stereocenters. The third kappa shape index (κ3) is 4.85. The number of amides is 2. The Morgan fingerprint density at radius 2 is 1.82 bits per heavy atom. The smallest absolute Gasteiger partial charge is 0.315 e. The van der Waals surface area contributed by atoms with Crippen LogP contribution in [0.15, 0.2) is 72.8 Å². The van der Waals surface area contributed by atoms with Crippen molar-refractivity contribution in [3.63, 3.8) is 0 Å². The number of aromatic amines is 1. The average molecular weight is 441 g/mol. The molecule has 0 spiro atoms. The molecule has 1 unspecified atom stereocenters. The number of fused-ring (bicyclic) bond motifs is 2. The number of aromatic nitrogens is 2. The first-order valence-electron chi connectivity index (χ1n) is 11.4. The Balaban J connectivity index is 1.33. The Hall–Kier alpha value is -3.80. The number of hydrogen-bond acceptors (Lipinski definition) is 3. The number of para-hydroxylation sites is 2. The molecular weight excluding hydrogens is 412 g/mol. The van der Waals surface area contributed by atoms with E-state index in [9.17, 15) is 4.79 Å². The number of hydrogen-bond donors (Lipinski definition) is 3. The fourth-order valence-electron chi connectivity index (χ4n) is 4.56. The number of nitrogens with one attached hydrogen (secondary N) is 3. The van der Waals surface area contributed by atoms with Gasteiger partial charge in [0.05, 0.1) is 24.2 Å². The van der Waals surface area contributed by atoms with E-state index in [1.54, 1.807) is 7.11 Å². The highest BCUT2D eigenvalue weighted by molar-refractivity contribution is 5.76. The van der Waals surface area contributed by atoms with Gasteiger partial charge < -0.3 is 20.4 Å². The number of benzene rings is 3. The summed E-state index contributed by atoms with van der Waals surface area (Å²) in [4.78, 5) is 21.2. The first kappa shape index (κ1) is 21.1. The van der Waals surface area contributed by atoms with Crippen LogP contribution in [-0.4, -0.2) is 29.2 Å². The molecule has 1 aliphatic rings. The summed E-state index contributed by atoms with van der Waals surface area (Å²) < 4.78 is 5.27. The fourth-order valence-corrected chi connectivity index (χ4v) is 4.56. The number of rotatable bonds is 6. The molecule has 0 aliphatic heterocycles. The molecule has 2 amide bonds. The van der Waals surface area contributed by atoms with Gasteiger partial charge in [0.1, 0.15) is 11.6 Å². The number of urea groups is 1. The minimum absolute atomic E-state index is 0.122. The summed E-state index contributed by atoms with van der Waals surface area (Å²) in [6.07, 6.45) is 3.40. The van der Waals surface area contributed by atoms with Gasteiger partial charge in [0.15, 0.2) is 0 Å². The Kier molecular flexibility index (Phi) is 5.98. The largest absolute Gasteiger partial charge is 0.497 e. The summed E-state index contributed by atoms with van der Waals surface area (Å²) in [5.41, 5.74) is 5.64. The van der Waals surface area contributed by atoms with E-state index in [2.05, 4.69) is 39.9 Å². The summed E-state index contributed by atoms with van der Waals surface area (Å²) in [5, 5.41) is 6.35. The minimum atomic E-state index is -0.290. The molecule has 5 rings (SSSR count). The monoisotopic (exact) mass is 440 g/mol. The zero-order valence-corrected chi connectivity index (χ0v) is 18.7. The van der Waals surface area contributed by atoms with Gasteiger partial charge in [-0.3, -0.25) is 0 Å². The van der Waals surface area contributed by atoms with Crippen LogP contribution in [0.2, 0.25) is 0 Å². The Morgan fingerprint density at radius 3 is 2.61 bits per heavy atom. The van der Waals surface area contributed by atoms with E-state index < -0.39 is 0 Å². The van der Waals surface area contributed by atoms with E-state index in [-0.39, 0.29) is 18.1 Å². The van der Waals surface area contributed by atoms with Crippen LogP contribution in [0.3, 0.4) is 0 Å². The van der Waals surface area contributed by atoms with Crippen LogP contribution in [0, 0.1) is 0 Å². The molecule has 0 fully saturated rings. The number of carbonyl (C=O) groups is 1. The Labute approximate surface area is 193 Å². The van der Waals surface area contributed by atoms with Crippen LogP contribution in [0.1, 0.15) is 35.0 Å². The van der Waals surface area contributed by atoms with Gasteiger partial charge in [-0.25, -0.2) is 9.78 Å². The van der Waals surface area contributed by atoms with Gasteiger partial charge in [0.2, 0.25) is 0 Å². The van der Waals surface area contributed by atoms with Crippen LogP contribution in [-0.2, 0) is 19.3 Å². The molecule has 33 heavy (non-hydrogen) atoms.